The number of rotatable bonds is 10. The predicted octanol–water partition coefficient (Wildman–Crippen LogP) is 6.41. The van der Waals surface area contributed by atoms with Crippen LogP contribution in [0.25, 0.3) is 5.57 Å². The molecular formula is C25H28F3NO4. The molecule has 0 radical (unpaired) electrons. The van der Waals surface area contributed by atoms with Gasteiger partial charge in [-0.25, -0.2) is 4.79 Å². The van der Waals surface area contributed by atoms with Crippen LogP contribution in [-0.4, -0.2) is 23.6 Å². The van der Waals surface area contributed by atoms with Crippen molar-refractivity contribution in [1.82, 2.24) is 0 Å². The number of hydrogen-bond donors (Lipinski definition) is 2. The molecule has 2 N–H and O–H groups in total. The van der Waals surface area contributed by atoms with Crippen molar-refractivity contribution in [2.45, 2.75) is 46.2 Å². The van der Waals surface area contributed by atoms with E-state index in [0.29, 0.717) is 30.5 Å². The van der Waals surface area contributed by atoms with E-state index in [-0.39, 0.29) is 18.3 Å². The molecule has 0 spiro atoms. The summed E-state index contributed by atoms with van der Waals surface area (Å²) < 4.78 is 43.8. The van der Waals surface area contributed by atoms with Gasteiger partial charge < -0.3 is 15.2 Å². The molecule has 2 aromatic rings. The molecule has 0 fully saturated rings. The Labute approximate surface area is 191 Å². The van der Waals surface area contributed by atoms with Crippen LogP contribution in [0.1, 0.15) is 51.2 Å². The predicted molar refractivity (Wildman–Crippen MR) is 121 cm³/mol. The number of carboxylic acids is 1. The number of hydrogen-bond acceptors (Lipinski definition) is 3. The first-order valence-corrected chi connectivity index (χ1v) is 10.6. The van der Waals surface area contributed by atoms with E-state index < -0.39 is 23.1 Å². The van der Waals surface area contributed by atoms with Gasteiger partial charge in [-0.3, -0.25) is 4.79 Å². The summed E-state index contributed by atoms with van der Waals surface area (Å²) in [7, 11) is 0. The molecule has 2 rings (SSSR count). The zero-order chi connectivity index (χ0) is 24.6. The Balaban J connectivity index is 1.89. The number of allylic oxidation sites excluding steroid dienone is 1. The first-order chi connectivity index (χ1) is 15.4. The fourth-order valence-electron chi connectivity index (χ4n) is 3.19. The summed E-state index contributed by atoms with van der Waals surface area (Å²) in [5, 5.41) is 11.8. The van der Waals surface area contributed by atoms with Crippen molar-refractivity contribution in [3.63, 3.8) is 0 Å². The molecule has 0 aromatic heterocycles. The van der Waals surface area contributed by atoms with Crippen LogP contribution in [-0.2, 0) is 15.8 Å². The average molecular weight is 463 g/mol. The fourth-order valence-corrected chi connectivity index (χ4v) is 3.19. The summed E-state index contributed by atoms with van der Waals surface area (Å²) >= 11 is 0. The molecule has 0 saturated heterocycles. The summed E-state index contributed by atoms with van der Waals surface area (Å²) in [6.07, 6.45) is -1.75. The van der Waals surface area contributed by atoms with Gasteiger partial charge in [0.2, 0.25) is 5.91 Å². The van der Waals surface area contributed by atoms with Gasteiger partial charge in [0.1, 0.15) is 5.75 Å². The zero-order valence-electron chi connectivity index (χ0n) is 18.8. The molecule has 0 atom stereocenters. The number of anilines is 1. The largest absolute Gasteiger partial charge is 0.494 e. The number of alkyl halides is 3. The number of amides is 1. The highest BCUT2D eigenvalue weighted by Gasteiger charge is 2.31. The summed E-state index contributed by atoms with van der Waals surface area (Å²) in [5.74, 6) is -1.08. The van der Waals surface area contributed by atoms with Crippen molar-refractivity contribution in [3.8, 4) is 5.75 Å². The lowest BCUT2D eigenvalue weighted by molar-refractivity contribution is -0.137. The van der Waals surface area contributed by atoms with Gasteiger partial charge in [-0.05, 0) is 60.7 Å². The van der Waals surface area contributed by atoms with Crippen LogP contribution in [0.5, 0.6) is 5.75 Å². The molecule has 2 aromatic carbocycles. The molecule has 8 heteroatoms. The van der Waals surface area contributed by atoms with Crippen molar-refractivity contribution in [2.24, 2.45) is 5.41 Å². The van der Waals surface area contributed by atoms with Gasteiger partial charge in [0.15, 0.2) is 0 Å². The minimum absolute atomic E-state index is 0.135. The number of carboxylic acid groups (broad SMARTS) is 1. The molecule has 0 saturated carbocycles. The number of benzene rings is 2. The van der Waals surface area contributed by atoms with Gasteiger partial charge in [-0.2, -0.15) is 13.2 Å². The van der Waals surface area contributed by atoms with Crippen molar-refractivity contribution in [3.05, 3.63) is 65.7 Å². The number of nitrogens with one attached hydrogen (secondary N) is 1. The van der Waals surface area contributed by atoms with Crippen LogP contribution in [0.3, 0.4) is 0 Å². The zero-order valence-corrected chi connectivity index (χ0v) is 18.8. The third-order valence-electron chi connectivity index (χ3n) is 5.18. The maximum absolute atomic E-state index is 12.8. The van der Waals surface area contributed by atoms with E-state index in [2.05, 4.69) is 5.32 Å². The monoisotopic (exact) mass is 463 g/mol. The van der Waals surface area contributed by atoms with Crippen LogP contribution >= 0.6 is 0 Å². The smallest absolute Gasteiger partial charge is 0.416 e. The number of carbonyl (C=O) groups excluding carboxylic acids is 1. The normalized spacial score (nSPS) is 12.4. The van der Waals surface area contributed by atoms with E-state index in [1.54, 1.807) is 38.1 Å². The minimum atomic E-state index is -4.43. The SMILES string of the molecule is CCC(=CC(=O)O)c1ccc(NC(=O)C(C)(C)CCCOc2cccc(C(F)(F)F)c2)cc1. The summed E-state index contributed by atoms with van der Waals surface area (Å²) in [5.41, 5.74) is 0.539. The van der Waals surface area contributed by atoms with Gasteiger partial charge in [0.25, 0.3) is 0 Å². The number of halogens is 3. The second kappa shape index (κ2) is 11.0. The summed E-state index contributed by atoms with van der Waals surface area (Å²) in [6, 6.07) is 11.6. The van der Waals surface area contributed by atoms with Crippen molar-refractivity contribution in [1.29, 1.82) is 0 Å². The van der Waals surface area contributed by atoms with E-state index in [4.69, 9.17) is 9.84 Å². The van der Waals surface area contributed by atoms with Gasteiger partial charge in [-0.1, -0.05) is 39.0 Å². The summed E-state index contributed by atoms with van der Waals surface area (Å²) in [4.78, 5) is 23.6. The Bertz CT molecular complexity index is 995. The van der Waals surface area contributed by atoms with Crippen LogP contribution in [0.2, 0.25) is 0 Å². The lowest BCUT2D eigenvalue weighted by atomic mass is 9.87. The number of ether oxygens (including phenoxy) is 1. The topological polar surface area (TPSA) is 75.6 Å². The van der Waals surface area contributed by atoms with Crippen LogP contribution in [0.15, 0.2) is 54.6 Å². The van der Waals surface area contributed by atoms with Crippen LogP contribution < -0.4 is 10.1 Å². The van der Waals surface area contributed by atoms with Gasteiger partial charge in [-0.15, -0.1) is 0 Å². The van der Waals surface area contributed by atoms with E-state index in [9.17, 15) is 22.8 Å². The van der Waals surface area contributed by atoms with E-state index in [0.717, 1.165) is 23.8 Å². The average Bonchev–Trinajstić information content (AvgIpc) is 2.75. The highest BCUT2D eigenvalue weighted by atomic mass is 19.4. The first kappa shape index (κ1) is 26.0. The highest BCUT2D eigenvalue weighted by molar-refractivity contribution is 5.95. The second-order valence-corrected chi connectivity index (χ2v) is 8.25. The third-order valence-corrected chi connectivity index (χ3v) is 5.18. The van der Waals surface area contributed by atoms with E-state index in [1.165, 1.54) is 12.1 Å². The lowest BCUT2D eigenvalue weighted by Gasteiger charge is -2.23. The maximum Gasteiger partial charge on any atom is 0.416 e. The molecule has 0 aliphatic heterocycles. The molecule has 0 heterocycles. The highest BCUT2D eigenvalue weighted by Crippen LogP contribution is 2.31. The van der Waals surface area contributed by atoms with E-state index >= 15 is 0 Å². The maximum atomic E-state index is 12.8. The molecule has 178 valence electrons. The van der Waals surface area contributed by atoms with Crippen LogP contribution in [0, 0.1) is 5.41 Å². The number of carbonyl (C=O) groups is 2. The van der Waals surface area contributed by atoms with Crippen molar-refractivity contribution < 1.29 is 32.6 Å². The Morgan fingerprint density at radius 2 is 1.76 bits per heavy atom. The second-order valence-electron chi connectivity index (χ2n) is 8.25. The van der Waals surface area contributed by atoms with Gasteiger partial charge >= 0.3 is 12.1 Å². The molecule has 5 nitrogen and oxygen atoms in total. The molecule has 0 aliphatic rings. The quantitative estimate of drug-likeness (QED) is 0.315. The van der Waals surface area contributed by atoms with Gasteiger partial charge in [0, 0.05) is 17.2 Å². The Morgan fingerprint density at radius 3 is 2.33 bits per heavy atom. The van der Waals surface area contributed by atoms with Crippen molar-refractivity contribution in [2.75, 3.05) is 11.9 Å². The standard InChI is InChI=1S/C25H28F3NO4/c1-4-17(15-22(30)31)18-9-11-20(12-10-18)29-23(32)24(2,3)13-6-14-33-21-8-5-7-19(16-21)25(26,27)28/h5,7-12,15-16H,4,6,13-14H2,1-3H3,(H,29,32)(H,30,31). The van der Waals surface area contributed by atoms with E-state index in [1.807, 2.05) is 6.92 Å². The van der Waals surface area contributed by atoms with Gasteiger partial charge in [0.05, 0.1) is 12.2 Å². The molecule has 0 bridgehead atoms. The third kappa shape index (κ3) is 7.97. The lowest BCUT2D eigenvalue weighted by Crippen LogP contribution is -2.31. The molecule has 1 amide bonds. The Hall–Kier alpha value is -3.29. The number of aliphatic carboxylic acids is 1. The molecular weight excluding hydrogens is 435 g/mol. The Morgan fingerprint density at radius 1 is 1.09 bits per heavy atom. The first-order valence-electron chi connectivity index (χ1n) is 10.6. The Kier molecular flexibility index (Phi) is 8.68. The fraction of sp³-hybridized carbons (Fsp3) is 0.360. The summed E-state index contributed by atoms with van der Waals surface area (Å²) in [6.45, 7) is 5.61. The van der Waals surface area contributed by atoms with Crippen LogP contribution in [0.4, 0.5) is 18.9 Å². The molecule has 33 heavy (non-hydrogen) atoms. The molecule has 0 aliphatic carbocycles. The minimum Gasteiger partial charge on any atom is -0.494 e. The molecule has 0 unspecified atom stereocenters. The van der Waals surface area contributed by atoms with Crippen molar-refractivity contribution >= 4 is 23.1 Å².